The van der Waals surface area contributed by atoms with Gasteiger partial charge in [0.15, 0.2) is 0 Å². The molecule has 5 heteroatoms. The summed E-state index contributed by atoms with van der Waals surface area (Å²) in [5.74, 6) is -0.653. The highest BCUT2D eigenvalue weighted by atomic mass is 16.5. The maximum Gasteiger partial charge on any atom is 0.325 e. The van der Waals surface area contributed by atoms with Gasteiger partial charge in [0.2, 0.25) is 5.91 Å². The van der Waals surface area contributed by atoms with Crippen LogP contribution < -0.4 is 5.73 Å². The number of nitrogens with two attached hydrogens (primary N) is 1. The molecule has 0 radical (unpaired) electrons. The molecule has 1 atom stereocenters. The molecule has 0 bridgehead atoms. The van der Waals surface area contributed by atoms with Crippen molar-refractivity contribution in [1.29, 1.82) is 0 Å². The number of carbonyl (C=O) groups is 2. The highest BCUT2D eigenvalue weighted by Crippen LogP contribution is 2.05. The lowest BCUT2D eigenvalue weighted by Gasteiger charge is -2.24. The van der Waals surface area contributed by atoms with Gasteiger partial charge in [0.05, 0.1) is 13.2 Å². The standard InChI is InChI=1S/C15H22N2O3/c1-3-9-17(11-14(18)20-2)15(19)13(16)10-12-7-5-4-6-8-12/h4-8,13H,3,9-11,16H2,1-2H3. The number of amides is 1. The van der Waals surface area contributed by atoms with Crippen molar-refractivity contribution in [2.45, 2.75) is 25.8 Å². The van der Waals surface area contributed by atoms with E-state index in [0.29, 0.717) is 13.0 Å². The van der Waals surface area contributed by atoms with Gasteiger partial charge in [-0.05, 0) is 18.4 Å². The third-order valence-corrected chi connectivity index (χ3v) is 2.97. The first-order valence-corrected chi connectivity index (χ1v) is 6.73. The normalized spacial score (nSPS) is 11.8. The van der Waals surface area contributed by atoms with E-state index in [0.717, 1.165) is 12.0 Å². The Balaban J connectivity index is 2.65. The quantitative estimate of drug-likeness (QED) is 0.754. The number of hydrogen-bond acceptors (Lipinski definition) is 4. The van der Waals surface area contributed by atoms with E-state index in [-0.39, 0.29) is 12.5 Å². The van der Waals surface area contributed by atoms with Crippen LogP contribution in [0.3, 0.4) is 0 Å². The minimum absolute atomic E-state index is 0.0499. The van der Waals surface area contributed by atoms with Crippen LogP contribution in [0.2, 0.25) is 0 Å². The molecule has 0 spiro atoms. The summed E-state index contributed by atoms with van der Waals surface area (Å²) in [4.78, 5) is 25.1. The predicted molar refractivity (Wildman–Crippen MR) is 77.0 cm³/mol. The van der Waals surface area contributed by atoms with Crippen LogP contribution in [0.1, 0.15) is 18.9 Å². The molecule has 0 saturated carbocycles. The summed E-state index contributed by atoms with van der Waals surface area (Å²) in [6, 6.07) is 8.94. The van der Waals surface area contributed by atoms with Crippen LogP contribution in [0.25, 0.3) is 0 Å². The van der Waals surface area contributed by atoms with Gasteiger partial charge < -0.3 is 15.4 Å². The van der Waals surface area contributed by atoms with E-state index in [1.54, 1.807) is 0 Å². The number of benzene rings is 1. The largest absolute Gasteiger partial charge is 0.468 e. The van der Waals surface area contributed by atoms with Crippen molar-refractivity contribution in [1.82, 2.24) is 4.90 Å². The minimum atomic E-state index is -0.645. The van der Waals surface area contributed by atoms with Gasteiger partial charge in [-0.3, -0.25) is 9.59 Å². The Morgan fingerprint density at radius 1 is 1.30 bits per heavy atom. The molecular formula is C15H22N2O3. The fraction of sp³-hybridized carbons (Fsp3) is 0.467. The molecule has 5 nitrogen and oxygen atoms in total. The number of rotatable bonds is 7. The number of nitrogens with zero attached hydrogens (tertiary/aromatic N) is 1. The molecule has 2 N–H and O–H groups in total. The molecule has 1 aromatic rings. The molecule has 1 rings (SSSR count). The fourth-order valence-corrected chi connectivity index (χ4v) is 1.95. The number of ether oxygens (including phenoxy) is 1. The van der Waals surface area contributed by atoms with Gasteiger partial charge >= 0.3 is 5.97 Å². The average Bonchev–Trinajstić information content (AvgIpc) is 2.46. The van der Waals surface area contributed by atoms with Gasteiger partial charge in [-0.2, -0.15) is 0 Å². The first-order chi connectivity index (χ1) is 9.58. The first-order valence-electron chi connectivity index (χ1n) is 6.73. The number of methoxy groups -OCH3 is 1. The maximum absolute atomic E-state index is 12.3. The van der Waals surface area contributed by atoms with Crippen LogP contribution in [-0.2, 0) is 20.7 Å². The zero-order valence-electron chi connectivity index (χ0n) is 12.0. The van der Waals surface area contributed by atoms with Crippen molar-refractivity contribution < 1.29 is 14.3 Å². The van der Waals surface area contributed by atoms with Crippen LogP contribution >= 0.6 is 0 Å². The Morgan fingerprint density at radius 2 is 1.95 bits per heavy atom. The third kappa shape index (κ3) is 5.01. The molecule has 1 aromatic carbocycles. The summed E-state index contributed by atoms with van der Waals surface area (Å²) in [5.41, 5.74) is 6.96. The Morgan fingerprint density at radius 3 is 2.50 bits per heavy atom. The van der Waals surface area contributed by atoms with E-state index in [4.69, 9.17) is 5.73 Å². The number of carbonyl (C=O) groups excluding carboxylic acids is 2. The lowest BCUT2D eigenvalue weighted by atomic mass is 10.1. The van der Waals surface area contributed by atoms with Crippen LogP contribution in [-0.4, -0.2) is 43.0 Å². The molecule has 110 valence electrons. The van der Waals surface area contributed by atoms with Crippen molar-refractivity contribution in [2.75, 3.05) is 20.2 Å². The van der Waals surface area contributed by atoms with E-state index in [2.05, 4.69) is 4.74 Å². The molecule has 1 unspecified atom stereocenters. The smallest absolute Gasteiger partial charge is 0.325 e. The Kier molecular flexibility index (Phi) is 6.73. The maximum atomic E-state index is 12.3. The predicted octanol–water partition coefficient (Wildman–Crippen LogP) is 0.968. The summed E-state index contributed by atoms with van der Waals surface area (Å²) < 4.78 is 4.60. The Labute approximate surface area is 119 Å². The van der Waals surface area contributed by atoms with Crippen molar-refractivity contribution in [3.05, 3.63) is 35.9 Å². The van der Waals surface area contributed by atoms with Crippen molar-refractivity contribution in [3.63, 3.8) is 0 Å². The Hall–Kier alpha value is -1.88. The second-order valence-corrected chi connectivity index (χ2v) is 4.63. The van der Waals surface area contributed by atoms with Crippen LogP contribution in [0.5, 0.6) is 0 Å². The SMILES string of the molecule is CCCN(CC(=O)OC)C(=O)C(N)Cc1ccccc1. The molecule has 0 aliphatic heterocycles. The molecule has 20 heavy (non-hydrogen) atoms. The topological polar surface area (TPSA) is 72.6 Å². The minimum Gasteiger partial charge on any atom is -0.468 e. The molecule has 0 saturated heterocycles. The molecular weight excluding hydrogens is 256 g/mol. The van der Waals surface area contributed by atoms with Crippen molar-refractivity contribution in [2.24, 2.45) is 5.73 Å². The zero-order chi connectivity index (χ0) is 15.0. The summed E-state index contributed by atoms with van der Waals surface area (Å²) in [7, 11) is 1.31. The van der Waals surface area contributed by atoms with E-state index < -0.39 is 12.0 Å². The van der Waals surface area contributed by atoms with Gasteiger partial charge in [-0.25, -0.2) is 0 Å². The summed E-state index contributed by atoms with van der Waals surface area (Å²) in [5, 5.41) is 0. The molecule has 1 amide bonds. The molecule has 0 aromatic heterocycles. The second kappa shape index (κ2) is 8.32. The Bertz CT molecular complexity index is 434. The van der Waals surface area contributed by atoms with Crippen LogP contribution in [0, 0.1) is 0 Å². The van der Waals surface area contributed by atoms with E-state index in [1.807, 2.05) is 37.3 Å². The van der Waals surface area contributed by atoms with Gasteiger partial charge in [0, 0.05) is 6.54 Å². The highest BCUT2D eigenvalue weighted by molar-refractivity contribution is 5.85. The lowest BCUT2D eigenvalue weighted by Crippen LogP contribution is -2.47. The first kappa shape index (κ1) is 16.2. The van der Waals surface area contributed by atoms with Gasteiger partial charge in [-0.15, -0.1) is 0 Å². The van der Waals surface area contributed by atoms with Crippen molar-refractivity contribution in [3.8, 4) is 0 Å². The summed E-state index contributed by atoms with van der Waals surface area (Å²) in [6.07, 6.45) is 1.22. The molecule has 0 aliphatic rings. The second-order valence-electron chi connectivity index (χ2n) is 4.63. The summed E-state index contributed by atoms with van der Waals surface area (Å²) >= 11 is 0. The number of hydrogen-bond donors (Lipinski definition) is 1. The number of esters is 1. The van der Waals surface area contributed by atoms with Crippen molar-refractivity contribution >= 4 is 11.9 Å². The van der Waals surface area contributed by atoms with Gasteiger partial charge in [0.25, 0.3) is 0 Å². The molecule has 0 heterocycles. The van der Waals surface area contributed by atoms with E-state index >= 15 is 0 Å². The molecule has 0 aliphatic carbocycles. The average molecular weight is 278 g/mol. The van der Waals surface area contributed by atoms with Gasteiger partial charge in [0.1, 0.15) is 6.54 Å². The van der Waals surface area contributed by atoms with E-state index in [1.165, 1.54) is 12.0 Å². The lowest BCUT2D eigenvalue weighted by molar-refractivity contribution is -0.147. The zero-order valence-corrected chi connectivity index (χ0v) is 12.0. The fourth-order valence-electron chi connectivity index (χ4n) is 1.95. The van der Waals surface area contributed by atoms with Crippen LogP contribution in [0.15, 0.2) is 30.3 Å². The highest BCUT2D eigenvalue weighted by Gasteiger charge is 2.22. The van der Waals surface area contributed by atoms with Crippen LogP contribution in [0.4, 0.5) is 0 Å². The van der Waals surface area contributed by atoms with E-state index in [9.17, 15) is 9.59 Å². The third-order valence-electron chi connectivity index (χ3n) is 2.97. The summed E-state index contributed by atoms with van der Waals surface area (Å²) in [6.45, 7) is 2.39. The molecule has 0 fully saturated rings. The van der Waals surface area contributed by atoms with Gasteiger partial charge in [-0.1, -0.05) is 37.3 Å². The monoisotopic (exact) mass is 278 g/mol.